The van der Waals surface area contributed by atoms with Gasteiger partial charge in [-0.3, -0.25) is 14.5 Å². The topological polar surface area (TPSA) is 83.9 Å². The molecule has 1 aliphatic heterocycles. The van der Waals surface area contributed by atoms with Crippen LogP contribution in [-0.4, -0.2) is 30.0 Å². The third kappa shape index (κ3) is 2.89. The number of nitrogens with zero attached hydrogens (tertiary/aromatic N) is 1. The molecule has 1 N–H and O–H groups in total. The summed E-state index contributed by atoms with van der Waals surface area (Å²) in [5, 5.41) is 9.04. The van der Waals surface area contributed by atoms with Crippen LogP contribution >= 0.6 is 0 Å². The fourth-order valence-corrected chi connectivity index (χ4v) is 2.46. The Balaban J connectivity index is 2.40. The fraction of sp³-hybridized carbons (Fsp3) is 0.400. The number of carbonyl (C=O) groups is 3. The van der Waals surface area contributed by atoms with Crippen molar-refractivity contribution in [1.82, 2.24) is 0 Å². The van der Waals surface area contributed by atoms with E-state index in [1.165, 1.54) is 25.3 Å². The summed E-state index contributed by atoms with van der Waals surface area (Å²) in [5.74, 6) is -1.59. The highest BCUT2D eigenvalue weighted by Gasteiger charge is 2.38. The van der Waals surface area contributed by atoms with E-state index in [2.05, 4.69) is 0 Å². The van der Waals surface area contributed by atoms with Crippen LogP contribution in [0.3, 0.4) is 0 Å². The molecule has 0 saturated carbocycles. The van der Waals surface area contributed by atoms with Crippen molar-refractivity contribution in [2.75, 3.05) is 12.0 Å². The van der Waals surface area contributed by atoms with Crippen molar-refractivity contribution in [1.29, 1.82) is 0 Å². The van der Waals surface area contributed by atoms with Crippen LogP contribution in [0.2, 0.25) is 0 Å². The van der Waals surface area contributed by atoms with Crippen molar-refractivity contribution in [3.63, 3.8) is 0 Å². The van der Waals surface area contributed by atoms with Gasteiger partial charge in [-0.15, -0.1) is 0 Å². The van der Waals surface area contributed by atoms with E-state index in [1.807, 2.05) is 13.8 Å². The Morgan fingerprint density at radius 2 is 1.81 bits per heavy atom. The lowest BCUT2D eigenvalue weighted by Crippen LogP contribution is -2.46. The molecule has 1 saturated heterocycles. The summed E-state index contributed by atoms with van der Waals surface area (Å²) in [6.07, 6.45) is 0.531. The number of piperidine rings is 1. The highest BCUT2D eigenvalue weighted by atomic mass is 16.5. The normalized spacial score (nSPS) is 17.8. The Labute approximate surface area is 122 Å². The van der Waals surface area contributed by atoms with Crippen molar-refractivity contribution in [2.45, 2.75) is 26.7 Å². The van der Waals surface area contributed by atoms with Crippen molar-refractivity contribution in [2.24, 2.45) is 5.41 Å². The number of hydrogen-bond donors (Lipinski definition) is 1. The summed E-state index contributed by atoms with van der Waals surface area (Å²) in [6.45, 7) is 3.74. The molecule has 0 bridgehead atoms. The number of imide groups is 1. The number of rotatable bonds is 3. The van der Waals surface area contributed by atoms with Crippen LogP contribution in [0.1, 0.15) is 37.0 Å². The average Bonchev–Trinajstić information content (AvgIpc) is 2.35. The molecule has 0 aliphatic carbocycles. The first-order valence-electron chi connectivity index (χ1n) is 6.52. The van der Waals surface area contributed by atoms with Gasteiger partial charge in [-0.05, 0) is 17.5 Å². The smallest absolute Gasteiger partial charge is 0.339 e. The quantitative estimate of drug-likeness (QED) is 0.862. The summed E-state index contributed by atoms with van der Waals surface area (Å²) >= 11 is 0. The molecule has 0 radical (unpaired) electrons. The van der Waals surface area contributed by atoms with Crippen molar-refractivity contribution in [3.8, 4) is 5.75 Å². The lowest BCUT2D eigenvalue weighted by molar-refractivity contribution is -0.132. The molecular formula is C15H17NO5. The molecule has 1 aromatic carbocycles. The van der Waals surface area contributed by atoms with Gasteiger partial charge >= 0.3 is 5.97 Å². The van der Waals surface area contributed by atoms with E-state index in [1.54, 1.807) is 0 Å². The van der Waals surface area contributed by atoms with Gasteiger partial charge in [0.2, 0.25) is 11.8 Å². The van der Waals surface area contributed by atoms with Crippen LogP contribution < -0.4 is 9.64 Å². The highest BCUT2D eigenvalue weighted by molar-refractivity contribution is 6.17. The predicted octanol–water partition coefficient (Wildman–Crippen LogP) is 2.07. The number of amides is 2. The molecule has 0 unspecified atom stereocenters. The molecule has 6 nitrogen and oxygen atoms in total. The number of anilines is 1. The van der Waals surface area contributed by atoms with E-state index in [-0.39, 0.29) is 41.4 Å². The molecule has 21 heavy (non-hydrogen) atoms. The van der Waals surface area contributed by atoms with Gasteiger partial charge in [0.15, 0.2) is 0 Å². The molecule has 1 aromatic rings. The first-order chi connectivity index (χ1) is 9.75. The molecule has 112 valence electrons. The maximum absolute atomic E-state index is 12.2. The molecule has 6 heteroatoms. The standard InChI is InChI=1S/C15H17NO5/c1-15(2)7-12(17)16(13(18)8-15)9-4-5-10(14(19)20)11(6-9)21-3/h4-6H,7-8H2,1-3H3,(H,19,20). The molecule has 1 fully saturated rings. The Bertz CT molecular complexity index is 600. The first-order valence-corrected chi connectivity index (χ1v) is 6.52. The molecule has 2 amide bonds. The van der Waals surface area contributed by atoms with E-state index in [0.29, 0.717) is 5.69 Å². The van der Waals surface area contributed by atoms with Crippen molar-refractivity contribution < 1.29 is 24.2 Å². The monoisotopic (exact) mass is 291 g/mol. The van der Waals surface area contributed by atoms with Crippen molar-refractivity contribution in [3.05, 3.63) is 23.8 Å². The van der Waals surface area contributed by atoms with E-state index in [9.17, 15) is 14.4 Å². The number of aromatic carboxylic acids is 1. The van der Waals surface area contributed by atoms with Gasteiger partial charge in [0, 0.05) is 18.9 Å². The second-order valence-electron chi connectivity index (χ2n) is 5.83. The minimum atomic E-state index is -1.13. The summed E-state index contributed by atoms with van der Waals surface area (Å²) < 4.78 is 5.02. The second-order valence-corrected chi connectivity index (χ2v) is 5.83. The molecular weight excluding hydrogens is 274 g/mol. The third-order valence-electron chi connectivity index (χ3n) is 3.43. The minimum Gasteiger partial charge on any atom is -0.496 e. The van der Waals surface area contributed by atoms with Gasteiger partial charge in [-0.1, -0.05) is 13.8 Å². The maximum Gasteiger partial charge on any atom is 0.339 e. The molecule has 0 atom stereocenters. The summed E-state index contributed by atoms with van der Waals surface area (Å²) in [7, 11) is 1.34. The van der Waals surface area contributed by atoms with Crippen LogP contribution in [0.15, 0.2) is 18.2 Å². The lowest BCUT2D eigenvalue weighted by Gasteiger charge is -2.34. The zero-order valence-corrected chi connectivity index (χ0v) is 12.2. The number of carbonyl (C=O) groups excluding carboxylic acids is 2. The van der Waals surface area contributed by atoms with Gasteiger partial charge in [-0.25, -0.2) is 4.79 Å². The minimum absolute atomic E-state index is 0.0153. The largest absolute Gasteiger partial charge is 0.496 e. The average molecular weight is 291 g/mol. The number of ether oxygens (including phenoxy) is 1. The number of carboxylic acids is 1. The number of hydrogen-bond acceptors (Lipinski definition) is 4. The van der Waals surface area contributed by atoms with Crippen LogP contribution in [0.4, 0.5) is 5.69 Å². The zero-order valence-electron chi connectivity index (χ0n) is 12.2. The van der Waals surface area contributed by atoms with Gasteiger partial charge in [0.25, 0.3) is 0 Å². The van der Waals surface area contributed by atoms with Crippen LogP contribution in [0.25, 0.3) is 0 Å². The molecule has 1 heterocycles. The number of methoxy groups -OCH3 is 1. The summed E-state index contributed by atoms with van der Waals surface area (Å²) in [5.41, 5.74) is -0.0312. The van der Waals surface area contributed by atoms with Crippen LogP contribution in [-0.2, 0) is 9.59 Å². The Morgan fingerprint density at radius 1 is 1.24 bits per heavy atom. The van der Waals surface area contributed by atoms with Crippen LogP contribution in [0, 0.1) is 5.41 Å². The first kappa shape index (κ1) is 15.0. The number of benzene rings is 1. The molecule has 1 aliphatic rings. The maximum atomic E-state index is 12.2. The Morgan fingerprint density at radius 3 is 2.29 bits per heavy atom. The molecule has 0 aromatic heterocycles. The highest BCUT2D eigenvalue weighted by Crippen LogP contribution is 2.35. The fourth-order valence-electron chi connectivity index (χ4n) is 2.46. The van der Waals surface area contributed by atoms with Gasteiger partial charge in [0.05, 0.1) is 12.8 Å². The van der Waals surface area contributed by atoms with E-state index in [0.717, 1.165) is 4.90 Å². The lowest BCUT2D eigenvalue weighted by atomic mass is 9.81. The second kappa shape index (κ2) is 5.20. The van der Waals surface area contributed by atoms with Gasteiger partial charge in [0.1, 0.15) is 11.3 Å². The molecule has 2 rings (SSSR count). The molecule has 0 spiro atoms. The van der Waals surface area contributed by atoms with Gasteiger partial charge < -0.3 is 9.84 Å². The zero-order chi connectivity index (χ0) is 15.8. The van der Waals surface area contributed by atoms with Crippen LogP contribution in [0.5, 0.6) is 5.75 Å². The Hall–Kier alpha value is -2.37. The summed E-state index contributed by atoms with van der Waals surface area (Å²) in [4.78, 5) is 36.5. The van der Waals surface area contributed by atoms with E-state index in [4.69, 9.17) is 9.84 Å². The third-order valence-corrected chi connectivity index (χ3v) is 3.43. The predicted molar refractivity (Wildman–Crippen MR) is 75.5 cm³/mol. The summed E-state index contributed by atoms with van der Waals surface area (Å²) in [6, 6.07) is 4.18. The van der Waals surface area contributed by atoms with E-state index < -0.39 is 5.97 Å². The van der Waals surface area contributed by atoms with E-state index >= 15 is 0 Å². The number of carboxylic acid groups (broad SMARTS) is 1. The van der Waals surface area contributed by atoms with Gasteiger partial charge in [-0.2, -0.15) is 0 Å². The van der Waals surface area contributed by atoms with Crippen molar-refractivity contribution >= 4 is 23.5 Å². The SMILES string of the molecule is COc1cc(N2C(=O)CC(C)(C)CC2=O)ccc1C(=O)O. The Kier molecular flexibility index (Phi) is 3.72.